The van der Waals surface area contributed by atoms with Crippen molar-refractivity contribution >= 4 is 23.1 Å². The van der Waals surface area contributed by atoms with Gasteiger partial charge in [-0.05, 0) is 19.1 Å². The Morgan fingerprint density at radius 1 is 1.44 bits per heavy atom. The van der Waals surface area contributed by atoms with Gasteiger partial charge in [0.1, 0.15) is 5.01 Å². The van der Waals surface area contributed by atoms with Crippen LogP contribution in [0.3, 0.4) is 0 Å². The lowest BCUT2D eigenvalue weighted by molar-refractivity contribution is 0.181. The summed E-state index contributed by atoms with van der Waals surface area (Å²) in [6, 6.07) is 0.552. The summed E-state index contributed by atoms with van der Waals surface area (Å²) in [5.74, 6) is 2.15. The van der Waals surface area contributed by atoms with Gasteiger partial charge in [-0.15, -0.1) is 11.3 Å². The van der Waals surface area contributed by atoms with Gasteiger partial charge >= 0.3 is 0 Å². The Kier molecular flexibility index (Phi) is 7.90. The lowest BCUT2D eigenvalue weighted by Gasteiger charge is -2.10. The molecule has 0 fully saturated rings. The maximum atomic E-state index is 5.23. The predicted molar refractivity (Wildman–Crippen MR) is 81.3 cm³/mol. The Hall–Kier alpha value is -0.100. The average Bonchev–Trinajstić information content (AvgIpc) is 2.76. The third kappa shape index (κ3) is 5.26. The third-order valence-corrected chi connectivity index (χ3v) is 4.92. The number of hydrogen-bond donors (Lipinski definition) is 1. The van der Waals surface area contributed by atoms with Gasteiger partial charge in [-0.2, -0.15) is 11.8 Å². The molecule has 0 bridgehead atoms. The van der Waals surface area contributed by atoms with Crippen molar-refractivity contribution in [3.8, 4) is 0 Å². The number of aromatic nitrogens is 1. The Bertz CT molecular complexity index is 342. The van der Waals surface area contributed by atoms with Crippen LogP contribution in [0.2, 0.25) is 0 Å². The fraction of sp³-hybridized carbons (Fsp3) is 0.769. The summed E-state index contributed by atoms with van der Waals surface area (Å²) in [5.41, 5.74) is 1.10. The van der Waals surface area contributed by atoms with Gasteiger partial charge in [0.05, 0.1) is 12.3 Å². The Morgan fingerprint density at radius 2 is 2.22 bits per heavy atom. The van der Waals surface area contributed by atoms with E-state index in [1.165, 1.54) is 9.88 Å². The highest BCUT2D eigenvalue weighted by molar-refractivity contribution is 7.98. The Balaban J connectivity index is 2.64. The van der Waals surface area contributed by atoms with Gasteiger partial charge < -0.3 is 10.1 Å². The highest BCUT2D eigenvalue weighted by atomic mass is 32.2. The van der Waals surface area contributed by atoms with E-state index in [4.69, 9.17) is 4.74 Å². The van der Waals surface area contributed by atoms with Crippen LogP contribution in [0.5, 0.6) is 0 Å². The summed E-state index contributed by atoms with van der Waals surface area (Å²) in [4.78, 5) is 6.00. The van der Waals surface area contributed by atoms with E-state index < -0.39 is 0 Å². The fourth-order valence-corrected chi connectivity index (χ4v) is 3.23. The molecule has 1 atom stereocenters. The van der Waals surface area contributed by atoms with E-state index in [-0.39, 0.29) is 0 Å². The van der Waals surface area contributed by atoms with Crippen molar-refractivity contribution < 1.29 is 4.74 Å². The molecule has 1 rings (SSSR count). The maximum absolute atomic E-state index is 5.23. The molecule has 0 aliphatic carbocycles. The van der Waals surface area contributed by atoms with Gasteiger partial charge in [-0.3, -0.25) is 0 Å². The zero-order chi connectivity index (χ0) is 13.4. The second-order valence-electron chi connectivity index (χ2n) is 4.24. The van der Waals surface area contributed by atoms with E-state index in [1.54, 1.807) is 7.11 Å². The molecule has 0 saturated heterocycles. The molecule has 0 amide bonds. The van der Waals surface area contributed by atoms with Crippen LogP contribution in [0.25, 0.3) is 0 Å². The molecular formula is C13H24N2OS2. The smallest absolute Gasteiger partial charge is 0.103 e. The predicted octanol–water partition coefficient (Wildman–Crippen LogP) is 3.43. The van der Waals surface area contributed by atoms with Crippen LogP contribution in [0.4, 0.5) is 0 Å². The van der Waals surface area contributed by atoms with Crippen LogP contribution in [0, 0.1) is 0 Å². The summed E-state index contributed by atoms with van der Waals surface area (Å²) in [6.07, 6.45) is 1.15. The average molecular weight is 288 g/mol. The summed E-state index contributed by atoms with van der Waals surface area (Å²) in [7, 11) is 1.73. The largest absolute Gasteiger partial charge is 0.378 e. The normalized spacial score (nSPS) is 12.9. The minimum absolute atomic E-state index is 0.552. The minimum atomic E-state index is 0.552. The van der Waals surface area contributed by atoms with E-state index in [9.17, 15) is 0 Å². The minimum Gasteiger partial charge on any atom is -0.378 e. The fourth-order valence-electron chi connectivity index (χ4n) is 1.49. The van der Waals surface area contributed by atoms with Crippen molar-refractivity contribution in [2.24, 2.45) is 0 Å². The highest BCUT2D eigenvalue weighted by Crippen LogP contribution is 2.23. The first-order chi connectivity index (χ1) is 8.71. The van der Waals surface area contributed by atoms with Gasteiger partial charge in [0, 0.05) is 30.3 Å². The van der Waals surface area contributed by atoms with E-state index in [2.05, 4.69) is 31.1 Å². The van der Waals surface area contributed by atoms with Crippen molar-refractivity contribution in [2.75, 3.05) is 12.9 Å². The lowest BCUT2D eigenvalue weighted by Crippen LogP contribution is -2.24. The molecule has 1 aromatic rings. The summed E-state index contributed by atoms with van der Waals surface area (Å²) in [6.45, 7) is 8.11. The molecule has 0 spiro atoms. The number of rotatable bonds is 9. The number of hydrogen-bond acceptors (Lipinski definition) is 5. The second kappa shape index (κ2) is 8.91. The topological polar surface area (TPSA) is 34.1 Å². The van der Waals surface area contributed by atoms with Crippen molar-refractivity contribution in [2.45, 2.75) is 52.1 Å². The van der Waals surface area contributed by atoms with Crippen molar-refractivity contribution in [1.82, 2.24) is 10.3 Å². The van der Waals surface area contributed by atoms with Gasteiger partial charge in [-0.1, -0.05) is 13.8 Å². The molecule has 1 N–H and O–H groups in total. The van der Waals surface area contributed by atoms with Crippen LogP contribution in [-0.2, 0) is 23.6 Å². The molecule has 1 unspecified atom stereocenters. The number of nitrogens with zero attached hydrogens (tertiary/aromatic N) is 1. The maximum Gasteiger partial charge on any atom is 0.103 e. The van der Waals surface area contributed by atoms with Crippen LogP contribution in [-0.4, -0.2) is 23.9 Å². The molecule has 3 nitrogen and oxygen atoms in total. The standard InChI is InChI=1S/C13H24N2OS2/c1-5-10(3)14-7-12-11(8-16-4)15-13(18-12)9-17-6-2/h10,14H,5-9H2,1-4H3. The molecule has 0 saturated carbocycles. The highest BCUT2D eigenvalue weighted by Gasteiger charge is 2.11. The Morgan fingerprint density at radius 3 is 2.83 bits per heavy atom. The van der Waals surface area contributed by atoms with Gasteiger partial charge in [0.2, 0.25) is 0 Å². The van der Waals surface area contributed by atoms with E-state index in [1.807, 2.05) is 23.1 Å². The van der Waals surface area contributed by atoms with Crippen LogP contribution in [0.1, 0.15) is 42.8 Å². The summed E-state index contributed by atoms with van der Waals surface area (Å²) in [5, 5.41) is 4.74. The molecule has 0 aliphatic rings. The van der Waals surface area contributed by atoms with E-state index >= 15 is 0 Å². The Labute approximate surface area is 119 Å². The second-order valence-corrected chi connectivity index (χ2v) is 6.68. The lowest BCUT2D eigenvalue weighted by atomic mass is 10.2. The molecule has 1 aromatic heterocycles. The van der Waals surface area contributed by atoms with Gasteiger partial charge in [0.25, 0.3) is 0 Å². The third-order valence-electron chi connectivity index (χ3n) is 2.76. The monoisotopic (exact) mass is 288 g/mol. The molecule has 1 heterocycles. The van der Waals surface area contributed by atoms with Crippen molar-refractivity contribution in [3.63, 3.8) is 0 Å². The molecule has 0 aliphatic heterocycles. The summed E-state index contributed by atoms with van der Waals surface area (Å²) >= 11 is 3.73. The SMILES string of the molecule is CCSCc1nc(COC)c(CNC(C)CC)s1. The molecule has 5 heteroatoms. The zero-order valence-electron chi connectivity index (χ0n) is 11.8. The molecule has 18 heavy (non-hydrogen) atoms. The van der Waals surface area contributed by atoms with Crippen molar-refractivity contribution in [3.05, 3.63) is 15.6 Å². The van der Waals surface area contributed by atoms with Gasteiger partial charge in [-0.25, -0.2) is 4.98 Å². The first-order valence-corrected chi connectivity index (χ1v) is 8.45. The number of thiazole rings is 1. The number of thioether (sulfide) groups is 1. The molecule has 104 valence electrons. The van der Waals surface area contributed by atoms with Gasteiger partial charge in [0.15, 0.2) is 0 Å². The van der Waals surface area contributed by atoms with E-state index in [0.717, 1.165) is 30.2 Å². The first-order valence-electron chi connectivity index (χ1n) is 6.48. The molecule has 0 radical (unpaired) electrons. The van der Waals surface area contributed by atoms with Crippen LogP contribution >= 0.6 is 23.1 Å². The molecular weight excluding hydrogens is 264 g/mol. The summed E-state index contributed by atoms with van der Waals surface area (Å²) < 4.78 is 5.23. The zero-order valence-corrected chi connectivity index (χ0v) is 13.4. The van der Waals surface area contributed by atoms with Crippen LogP contribution in [0.15, 0.2) is 0 Å². The number of methoxy groups -OCH3 is 1. The van der Waals surface area contributed by atoms with E-state index in [0.29, 0.717) is 12.6 Å². The number of ether oxygens (including phenoxy) is 1. The van der Waals surface area contributed by atoms with Crippen LogP contribution < -0.4 is 5.32 Å². The molecule has 0 aromatic carbocycles. The van der Waals surface area contributed by atoms with Crippen molar-refractivity contribution in [1.29, 1.82) is 0 Å². The number of nitrogens with one attached hydrogen (secondary N) is 1. The first kappa shape index (κ1) is 16.0. The quantitative estimate of drug-likeness (QED) is 0.755.